The van der Waals surface area contributed by atoms with E-state index in [0.717, 1.165) is 22.3 Å². The van der Waals surface area contributed by atoms with Crippen LogP contribution in [0.5, 0.6) is 5.75 Å². The van der Waals surface area contributed by atoms with Crippen molar-refractivity contribution in [3.05, 3.63) is 107 Å². The third-order valence-electron chi connectivity index (χ3n) is 6.23. The van der Waals surface area contributed by atoms with Crippen molar-refractivity contribution in [2.75, 3.05) is 7.11 Å². The number of pyridine rings is 1. The second-order valence-electron chi connectivity index (χ2n) is 8.17. The van der Waals surface area contributed by atoms with E-state index in [4.69, 9.17) is 14.8 Å². The molecule has 0 N–H and O–H groups in total. The summed E-state index contributed by atoms with van der Waals surface area (Å²) in [5, 5.41) is 5.50. The summed E-state index contributed by atoms with van der Waals surface area (Å²) in [6.07, 6.45) is 0. The van der Waals surface area contributed by atoms with Gasteiger partial charge in [0.2, 0.25) is 5.78 Å². The average Bonchev–Trinajstić information content (AvgIpc) is 3.22. The van der Waals surface area contributed by atoms with Crippen molar-refractivity contribution in [3.8, 4) is 22.6 Å². The molecule has 0 saturated heterocycles. The van der Waals surface area contributed by atoms with Crippen molar-refractivity contribution in [2.24, 2.45) is 0 Å². The topological polar surface area (TPSA) is 74.1 Å². The standard InChI is InChI=1S/C28H19N3O3/c1-16-22-23(17-12-14-19(34-2)15-13-17)24-25(27(33)21-11-7-6-10-20(21)26(24)32)29-28(22)31(30-16)18-8-4-3-5-9-18/h3-15H,1-2H3. The zero-order chi connectivity index (χ0) is 23.4. The van der Waals surface area contributed by atoms with Gasteiger partial charge in [-0.3, -0.25) is 9.59 Å². The number of methoxy groups -OCH3 is 1. The maximum atomic E-state index is 13.8. The largest absolute Gasteiger partial charge is 0.497 e. The van der Waals surface area contributed by atoms with Gasteiger partial charge in [0.25, 0.3) is 0 Å². The quantitative estimate of drug-likeness (QED) is 0.375. The van der Waals surface area contributed by atoms with Crippen LogP contribution in [0.15, 0.2) is 78.9 Å². The Morgan fingerprint density at radius 3 is 2.09 bits per heavy atom. The molecule has 2 aromatic heterocycles. The van der Waals surface area contributed by atoms with Crippen LogP contribution in [0.2, 0.25) is 0 Å². The second kappa shape index (κ2) is 7.49. The highest BCUT2D eigenvalue weighted by Crippen LogP contribution is 2.40. The molecule has 0 radical (unpaired) electrons. The van der Waals surface area contributed by atoms with Crippen LogP contribution in [0.25, 0.3) is 27.8 Å². The van der Waals surface area contributed by atoms with Crippen molar-refractivity contribution in [1.82, 2.24) is 14.8 Å². The van der Waals surface area contributed by atoms with Crippen LogP contribution in [0.3, 0.4) is 0 Å². The maximum absolute atomic E-state index is 13.8. The van der Waals surface area contributed by atoms with Gasteiger partial charge in [-0.05, 0) is 36.8 Å². The minimum absolute atomic E-state index is 0.152. The smallest absolute Gasteiger partial charge is 0.212 e. The first-order chi connectivity index (χ1) is 16.6. The number of ketones is 2. The summed E-state index contributed by atoms with van der Waals surface area (Å²) in [7, 11) is 1.61. The van der Waals surface area contributed by atoms with Crippen LogP contribution in [-0.2, 0) is 0 Å². The Kier molecular flexibility index (Phi) is 4.42. The summed E-state index contributed by atoms with van der Waals surface area (Å²) in [6, 6.07) is 24.0. The first kappa shape index (κ1) is 20.1. The predicted octanol–water partition coefficient (Wildman–Crippen LogP) is 5.18. The molecule has 1 aliphatic rings. The highest BCUT2D eigenvalue weighted by Gasteiger charge is 2.36. The molecule has 0 bridgehead atoms. The van der Waals surface area contributed by atoms with Crippen LogP contribution in [0.4, 0.5) is 0 Å². The van der Waals surface area contributed by atoms with E-state index in [2.05, 4.69) is 0 Å². The van der Waals surface area contributed by atoms with Crippen LogP contribution in [0, 0.1) is 6.92 Å². The van der Waals surface area contributed by atoms with E-state index in [9.17, 15) is 9.59 Å². The molecule has 5 aromatic rings. The monoisotopic (exact) mass is 445 g/mol. The minimum Gasteiger partial charge on any atom is -0.497 e. The Morgan fingerprint density at radius 2 is 1.41 bits per heavy atom. The van der Waals surface area contributed by atoms with Crippen LogP contribution >= 0.6 is 0 Å². The lowest BCUT2D eigenvalue weighted by Gasteiger charge is -2.21. The fourth-order valence-corrected chi connectivity index (χ4v) is 4.64. The number of aryl methyl sites for hydroxylation is 1. The van der Waals surface area contributed by atoms with Gasteiger partial charge in [-0.1, -0.05) is 54.6 Å². The summed E-state index contributed by atoms with van der Waals surface area (Å²) in [6.45, 7) is 1.89. The molecule has 0 unspecified atom stereocenters. The van der Waals surface area contributed by atoms with Gasteiger partial charge in [0, 0.05) is 16.7 Å². The molecule has 164 valence electrons. The van der Waals surface area contributed by atoms with Crippen molar-refractivity contribution >= 4 is 22.6 Å². The van der Waals surface area contributed by atoms with E-state index in [1.54, 1.807) is 36.1 Å². The van der Waals surface area contributed by atoms with Gasteiger partial charge in [0.1, 0.15) is 11.4 Å². The first-order valence-electron chi connectivity index (χ1n) is 10.9. The molecule has 0 spiro atoms. The second-order valence-corrected chi connectivity index (χ2v) is 8.17. The Balaban J connectivity index is 1.75. The number of ether oxygens (including phenoxy) is 1. The Bertz CT molecular complexity index is 1620. The normalized spacial score (nSPS) is 12.5. The average molecular weight is 445 g/mol. The number of carbonyl (C=O) groups is 2. The van der Waals surface area contributed by atoms with E-state index in [1.807, 2.05) is 61.5 Å². The number of rotatable bonds is 3. The number of carbonyl (C=O) groups excluding carboxylic acids is 2. The van der Waals surface area contributed by atoms with Gasteiger partial charge >= 0.3 is 0 Å². The molecule has 1 aliphatic carbocycles. The number of fused-ring (bicyclic) bond motifs is 3. The van der Waals surface area contributed by atoms with Gasteiger partial charge < -0.3 is 4.74 Å². The van der Waals surface area contributed by atoms with Gasteiger partial charge in [0.15, 0.2) is 11.4 Å². The third-order valence-corrected chi connectivity index (χ3v) is 6.23. The van der Waals surface area contributed by atoms with E-state index < -0.39 is 0 Å². The molecular formula is C28H19N3O3. The van der Waals surface area contributed by atoms with Crippen molar-refractivity contribution in [3.63, 3.8) is 0 Å². The summed E-state index contributed by atoms with van der Waals surface area (Å²) in [5.41, 5.74) is 4.77. The fraction of sp³-hybridized carbons (Fsp3) is 0.0714. The molecule has 0 aliphatic heterocycles. The van der Waals surface area contributed by atoms with Crippen molar-refractivity contribution < 1.29 is 14.3 Å². The number of hydrogen-bond donors (Lipinski definition) is 0. The highest BCUT2D eigenvalue weighted by atomic mass is 16.5. The minimum atomic E-state index is -0.264. The van der Waals surface area contributed by atoms with E-state index in [0.29, 0.717) is 33.7 Å². The molecule has 34 heavy (non-hydrogen) atoms. The molecule has 6 nitrogen and oxygen atoms in total. The SMILES string of the molecule is COc1ccc(-c2c3c(nc4c2c(C)nn4-c2ccccc2)C(=O)c2ccccc2C3=O)cc1. The van der Waals surface area contributed by atoms with Crippen LogP contribution < -0.4 is 4.74 Å². The molecular weight excluding hydrogens is 426 g/mol. The maximum Gasteiger partial charge on any atom is 0.212 e. The highest BCUT2D eigenvalue weighted by molar-refractivity contribution is 6.31. The lowest BCUT2D eigenvalue weighted by molar-refractivity contribution is 0.0976. The molecule has 0 amide bonds. The first-order valence-corrected chi connectivity index (χ1v) is 10.9. The third kappa shape index (κ3) is 2.82. The lowest BCUT2D eigenvalue weighted by atomic mass is 9.82. The molecule has 3 aromatic carbocycles. The summed E-state index contributed by atoms with van der Waals surface area (Å²) in [4.78, 5) is 32.1. The van der Waals surface area contributed by atoms with Crippen LogP contribution in [0.1, 0.15) is 37.7 Å². The molecule has 6 heteroatoms. The fourth-order valence-electron chi connectivity index (χ4n) is 4.64. The zero-order valence-electron chi connectivity index (χ0n) is 18.6. The number of benzene rings is 3. The molecule has 0 fully saturated rings. The number of nitrogens with zero attached hydrogens (tertiary/aromatic N) is 3. The Labute approximate surface area is 195 Å². The van der Waals surface area contributed by atoms with Crippen LogP contribution in [-0.4, -0.2) is 33.4 Å². The summed E-state index contributed by atoms with van der Waals surface area (Å²) >= 11 is 0. The van der Waals surface area contributed by atoms with Gasteiger partial charge in [0.05, 0.1) is 29.4 Å². The number of hydrogen-bond acceptors (Lipinski definition) is 5. The summed E-state index contributed by atoms with van der Waals surface area (Å²) < 4.78 is 7.06. The van der Waals surface area contributed by atoms with Gasteiger partial charge in [-0.15, -0.1) is 0 Å². The predicted molar refractivity (Wildman–Crippen MR) is 129 cm³/mol. The molecule has 2 heterocycles. The zero-order valence-corrected chi connectivity index (χ0v) is 18.6. The Hall–Kier alpha value is -4.58. The van der Waals surface area contributed by atoms with Gasteiger partial charge in [-0.2, -0.15) is 5.10 Å². The molecule has 6 rings (SSSR count). The lowest BCUT2D eigenvalue weighted by Crippen LogP contribution is -2.23. The Morgan fingerprint density at radius 1 is 0.765 bits per heavy atom. The van der Waals surface area contributed by atoms with E-state index in [-0.39, 0.29) is 17.3 Å². The van der Waals surface area contributed by atoms with E-state index in [1.165, 1.54) is 0 Å². The van der Waals surface area contributed by atoms with E-state index >= 15 is 0 Å². The number of para-hydroxylation sites is 1. The van der Waals surface area contributed by atoms with Gasteiger partial charge in [-0.25, -0.2) is 9.67 Å². The summed E-state index contributed by atoms with van der Waals surface area (Å²) in [5.74, 6) is 0.227. The molecule has 0 atom stereocenters. The molecule has 0 saturated carbocycles. The number of aromatic nitrogens is 3. The van der Waals surface area contributed by atoms with Crippen molar-refractivity contribution in [1.29, 1.82) is 0 Å². The van der Waals surface area contributed by atoms with Crippen molar-refractivity contribution in [2.45, 2.75) is 6.92 Å².